The van der Waals surface area contributed by atoms with Crippen LogP contribution in [0.15, 0.2) is 58.4 Å². The first kappa shape index (κ1) is 15.0. The average molecular weight is 303 g/mol. The van der Waals surface area contributed by atoms with Gasteiger partial charge in [0.1, 0.15) is 6.54 Å². The third-order valence-corrected chi connectivity index (χ3v) is 4.63. The zero-order chi connectivity index (χ0) is 15.3. The predicted octanol–water partition coefficient (Wildman–Crippen LogP) is 1.09. The minimum atomic E-state index is -3.84. The molecule has 0 fully saturated rings. The second kappa shape index (κ2) is 6.35. The van der Waals surface area contributed by atoms with Crippen LogP contribution in [0.1, 0.15) is 5.56 Å². The molecule has 0 spiro atoms. The van der Waals surface area contributed by atoms with Crippen LogP contribution in [0.3, 0.4) is 0 Å². The fraction of sp³-hybridized carbons (Fsp3) is 0.143. The summed E-state index contributed by atoms with van der Waals surface area (Å²) in [6.45, 7) is -0.174. The zero-order valence-corrected chi connectivity index (χ0v) is 11.9. The van der Waals surface area contributed by atoms with E-state index in [1.165, 1.54) is 6.07 Å². The number of aromatic nitrogens is 1. The Morgan fingerprint density at radius 1 is 1.14 bits per heavy atom. The highest BCUT2D eigenvalue weighted by atomic mass is 32.2. The predicted molar refractivity (Wildman–Crippen MR) is 76.7 cm³/mol. The molecule has 1 N–H and O–H groups in total. The largest absolute Gasteiger partial charge is 0.328 e. The lowest BCUT2D eigenvalue weighted by molar-refractivity contribution is 0.441. The molecule has 6 nitrogen and oxygen atoms in total. The van der Waals surface area contributed by atoms with Crippen molar-refractivity contribution in [1.82, 2.24) is 9.29 Å². The van der Waals surface area contributed by atoms with Gasteiger partial charge in [0, 0.05) is 18.8 Å². The van der Waals surface area contributed by atoms with Crippen LogP contribution < -0.4 is 5.56 Å². The zero-order valence-electron chi connectivity index (χ0n) is 11.1. The van der Waals surface area contributed by atoms with Crippen molar-refractivity contribution in [3.63, 3.8) is 0 Å². The summed E-state index contributed by atoms with van der Waals surface area (Å²) in [5.41, 5.74) is 0.393. The van der Waals surface area contributed by atoms with Crippen molar-refractivity contribution in [3.05, 3.63) is 64.6 Å². The molecule has 0 amide bonds. The number of hydrogen-bond acceptors (Lipinski definition) is 4. The maximum atomic E-state index is 12.5. The van der Waals surface area contributed by atoms with Crippen LogP contribution in [0.4, 0.5) is 0 Å². The number of nitrogens with one attached hydrogen (secondary N) is 1. The minimum Gasteiger partial charge on any atom is -0.328 e. The topological polar surface area (TPSA) is 94.0 Å². The lowest BCUT2D eigenvalue weighted by atomic mass is 10.2. The highest BCUT2D eigenvalue weighted by Gasteiger charge is 2.24. The normalized spacial score (nSPS) is 11.2. The van der Waals surface area contributed by atoms with Crippen LogP contribution in [0, 0.1) is 11.3 Å². The van der Waals surface area contributed by atoms with E-state index < -0.39 is 10.0 Å². The fourth-order valence-corrected chi connectivity index (χ4v) is 3.09. The van der Waals surface area contributed by atoms with E-state index in [1.54, 1.807) is 24.3 Å². The fourth-order valence-electron chi connectivity index (χ4n) is 1.80. The van der Waals surface area contributed by atoms with Crippen molar-refractivity contribution in [2.45, 2.75) is 11.4 Å². The molecule has 0 aliphatic heterocycles. The minimum absolute atomic E-state index is 0.0479. The molecule has 21 heavy (non-hydrogen) atoms. The van der Waals surface area contributed by atoms with Crippen LogP contribution in [-0.2, 0) is 16.6 Å². The second-order valence-electron chi connectivity index (χ2n) is 4.31. The number of benzene rings is 1. The molecule has 1 aromatic heterocycles. The molecular formula is C14H13N3O3S. The summed E-state index contributed by atoms with van der Waals surface area (Å²) in [6, 6.07) is 13.2. The molecule has 1 heterocycles. The van der Waals surface area contributed by atoms with E-state index in [2.05, 4.69) is 4.98 Å². The van der Waals surface area contributed by atoms with Gasteiger partial charge in [-0.1, -0.05) is 30.3 Å². The summed E-state index contributed by atoms with van der Waals surface area (Å²) in [6.07, 6.45) is 1.13. The SMILES string of the molecule is N#CCN(Cc1ccccc1)S(=O)(=O)c1ccc(=O)[nH]c1. The Labute approximate surface area is 122 Å². The number of hydrogen-bond donors (Lipinski definition) is 1. The van der Waals surface area contributed by atoms with Crippen molar-refractivity contribution >= 4 is 10.0 Å². The van der Waals surface area contributed by atoms with E-state index >= 15 is 0 Å². The first-order valence-corrected chi connectivity index (χ1v) is 7.58. The van der Waals surface area contributed by atoms with Gasteiger partial charge < -0.3 is 4.98 Å². The Balaban J connectivity index is 2.35. The molecule has 7 heteroatoms. The van der Waals surface area contributed by atoms with E-state index in [0.29, 0.717) is 0 Å². The van der Waals surface area contributed by atoms with Crippen LogP contribution in [0.25, 0.3) is 0 Å². The van der Waals surface area contributed by atoms with Crippen molar-refractivity contribution in [2.75, 3.05) is 6.54 Å². The van der Waals surface area contributed by atoms with E-state index in [4.69, 9.17) is 5.26 Å². The van der Waals surface area contributed by atoms with Crippen molar-refractivity contribution in [1.29, 1.82) is 5.26 Å². The molecule has 0 saturated carbocycles. The molecule has 0 aliphatic carbocycles. The number of nitrogens with zero attached hydrogens (tertiary/aromatic N) is 2. The van der Waals surface area contributed by atoms with E-state index in [9.17, 15) is 13.2 Å². The summed E-state index contributed by atoms with van der Waals surface area (Å²) in [4.78, 5) is 13.3. The molecule has 0 saturated heterocycles. The van der Waals surface area contributed by atoms with Crippen LogP contribution in [0.5, 0.6) is 0 Å². The molecule has 0 bridgehead atoms. The highest BCUT2D eigenvalue weighted by molar-refractivity contribution is 7.89. The van der Waals surface area contributed by atoms with E-state index in [1.807, 2.05) is 12.1 Å². The lowest BCUT2D eigenvalue weighted by Gasteiger charge is -2.19. The summed E-state index contributed by atoms with van der Waals surface area (Å²) in [7, 11) is -3.84. The van der Waals surface area contributed by atoms with Gasteiger partial charge in [0.05, 0.1) is 11.0 Å². The van der Waals surface area contributed by atoms with Crippen LogP contribution in [-0.4, -0.2) is 24.3 Å². The van der Waals surface area contributed by atoms with Gasteiger partial charge in [-0.2, -0.15) is 9.57 Å². The van der Waals surface area contributed by atoms with Crippen molar-refractivity contribution < 1.29 is 8.42 Å². The number of H-pyrrole nitrogens is 1. The summed E-state index contributed by atoms with van der Waals surface area (Å²) >= 11 is 0. The van der Waals surface area contributed by atoms with Gasteiger partial charge in [0.15, 0.2) is 0 Å². The van der Waals surface area contributed by atoms with Gasteiger partial charge in [-0.15, -0.1) is 0 Å². The third kappa shape index (κ3) is 3.56. The quantitative estimate of drug-likeness (QED) is 0.837. The second-order valence-corrected chi connectivity index (χ2v) is 6.24. The maximum Gasteiger partial charge on any atom is 0.247 e. The highest BCUT2D eigenvalue weighted by Crippen LogP contribution is 2.16. The monoisotopic (exact) mass is 303 g/mol. The number of pyridine rings is 1. The molecule has 0 unspecified atom stereocenters. The third-order valence-electron chi connectivity index (χ3n) is 2.84. The first-order valence-electron chi connectivity index (χ1n) is 6.14. The molecule has 0 atom stereocenters. The van der Waals surface area contributed by atoms with Crippen molar-refractivity contribution in [2.24, 2.45) is 0 Å². The van der Waals surface area contributed by atoms with Gasteiger partial charge in [0.2, 0.25) is 15.6 Å². The lowest BCUT2D eigenvalue weighted by Crippen LogP contribution is -2.31. The molecule has 2 rings (SSSR count). The van der Waals surface area contributed by atoms with Gasteiger partial charge >= 0.3 is 0 Å². The molecule has 1 aromatic carbocycles. The van der Waals surface area contributed by atoms with Crippen LogP contribution >= 0.6 is 0 Å². The molecule has 0 radical (unpaired) electrons. The van der Waals surface area contributed by atoms with E-state index in [-0.39, 0.29) is 23.5 Å². The Hall–Kier alpha value is -2.43. The summed E-state index contributed by atoms with van der Waals surface area (Å²) in [5.74, 6) is 0. The Morgan fingerprint density at radius 3 is 2.43 bits per heavy atom. The Bertz CT molecular complexity index is 787. The van der Waals surface area contributed by atoms with Crippen LogP contribution in [0.2, 0.25) is 0 Å². The van der Waals surface area contributed by atoms with Gasteiger partial charge in [-0.3, -0.25) is 4.79 Å². The van der Waals surface area contributed by atoms with Crippen molar-refractivity contribution in [3.8, 4) is 6.07 Å². The van der Waals surface area contributed by atoms with Gasteiger partial charge in [0.25, 0.3) is 0 Å². The molecule has 0 aliphatic rings. The first-order chi connectivity index (χ1) is 10.0. The molecular weight excluding hydrogens is 290 g/mol. The van der Waals surface area contributed by atoms with Gasteiger partial charge in [-0.05, 0) is 11.6 Å². The number of rotatable bonds is 5. The Morgan fingerprint density at radius 2 is 1.86 bits per heavy atom. The van der Waals surface area contributed by atoms with Gasteiger partial charge in [-0.25, -0.2) is 8.42 Å². The smallest absolute Gasteiger partial charge is 0.247 e. The molecule has 108 valence electrons. The van der Waals surface area contributed by atoms with E-state index in [0.717, 1.165) is 22.1 Å². The number of nitriles is 1. The maximum absolute atomic E-state index is 12.5. The Kier molecular flexibility index (Phi) is 4.52. The standard InChI is InChI=1S/C14H13N3O3S/c15-8-9-17(11-12-4-2-1-3-5-12)21(19,20)13-6-7-14(18)16-10-13/h1-7,10H,9,11H2,(H,16,18). The average Bonchev–Trinajstić information content (AvgIpc) is 2.48. The summed E-state index contributed by atoms with van der Waals surface area (Å²) < 4.78 is 26.0. The molecule has 2 aromatic rings. The number of aromatic amines is 1. The number of sulfonamides is 1. The summed E-state index contributed by atoms with van der Waals surface area (Å²) in [5, 5.41) is 8.86.